The number of nitrogens with zero attached hydrogens (tertiary/aromatic N) is 3. The summed E-state index contributed by atoms with van der Waals surface area (Å²) in [6, 6.07) is 3.32. The molecular formula is C12H11ClN4O3. The van der Waals surface area contributed by atoms with Gasteiger partial charge in [0.2, 0.25) is 0 Å². The van der Waals surface area contributed by atoms with Gasteiger partial charge in [-0.3, -0.25) is 9.48 Å². The number of hydrogen-bond acceptors (Lipinski definition) is 5. The van der Waals surface area contributed by atoms with E-state index in [2.05, 4.69) is 15.4 Å². The van der Waals surface area contributed by atoms with Crippen molar-refractivity contribution in [3.63, 3.8) is 0 Å². The molecule has 0 radical (unpaired) electrons. The van der Waals surface area contributed by atoms with Gasteiger partial charge in [0.05, 0.1) is 5.02 Å². The molecule has 0 saturated heterocycles. The Morgan fingerprint density at radius 2 is 2.20 bits per heavy atom. The van der Waals surface area contributed by atoms with E-state index < -0.39 is 5.91 Å². The van der Waals surface area contributed by atoms with Crippen LogP contribution >= 0.6 is 11.6 Å². The highest BCUT2D eigenvalue weighted by atomic mass is 35.5. The van der Waals surface area contributed by atoms with Gasteiger partial charge in [-0.1, -0.05) is 11.6 Å². The van der Waals surface area contributed by atoms with Crippen molar-refractivity contribution in [2.45, 2.75) is 0 Å². The number of fused-ring (bicyclic) bond motifs is 1. The average molecular weight is 295 g/mol. The predicted octanol–water partition coefficient (Wildman–Crippen LogP) is 1.49. The van der Waals surface area contributed by atoms with Crippen LogP contribution in [0.1, 0.15) is 10.5 Å². The minimum atomic E-state index is -0.431. The average Bonchev–Trinajstić information content (AvgIpc) is 2.78. The summed E-state index contributed by atoms with van der Waals surface area (Å²) in [7, 11) is 1.69. The number of ether oxygens (including phenoxy) is 2. The third-order valence-corrected chi connectivity index (χ3v) is 2.92. The van der Waals surface area contributed by atoms with Gasteiger partial charge in [-0.25, -0.2) is 0 Å². The van der Waals surface area contributed by atoms with E-state index in [0.29, 0.717) is 30.7 Å². The lowest BCUT2D eigenvalue weighted by molar-refractivity contribution is 0.102. The minimum Gasteiger partial charge on any atom is -0.484 e. The second kappa shape index (κ2) is 5.01. The molecule has 7 nitrogen and oxygen atoms in total. The van der Waals surface area contributed by atoms with E-state index in [4.69, 9.17) is 21.1 Å². The van der Waals surface area contributed by atoms with Crippen molar-refractivity contribution in [2.75, 3.05) is 18.5 Å². The summed E-state index contributed by atoms with van der Waals surface area (Å²) in [5.41, 5.74) is 0.144. The summed E-state index contributed by atoms with van der Waals surface area (Å²) in [5.74, 6) is 0.840. The highest BCUT2D eigenvalue weighted by Crippen LogP contribution is 2.29. The zero-order chi connectivity index (χ0) is 14.1. The number of pyridine rings is 1. The van der Waals surface area contributed by atoms with Crippen LogP contribution in [0.15, 0.2) is 18.3 Å². The Labute approximate surface area is 119 Å². The Morgan fingerprint density at radius 3 is 2.95 bits per heavy atom. The lowest BCUT2D eigenvalue weighted by atomic mass is 10.3. The maximum atomic E-state index is 12.0. The number of carbonyl (C=O) groups is 1. The summed E-state index contributed by atoms with van der Waals surface area (Å²) in [5, 5.41) is 6.88. The van der Waals surface area contributed by atoms with Crippen molar-refractivity contribution in [2.24, 2.45) is 7.05 Å². The summed E-state index contributed by atoms with van der Waals surface area (Å²) >= 11 is 5.91. The number of amides is 1. The van der Waals surface area contributed by atoms with Crippen LogP contribution in [0.5, 0.6) is 11.6 Å². The number of halogens is 1. The third kappa shape index (κ3) is 2.39. The first-order valence-corrected chi connectivity index (χ1v) is 6.28. The lowest BCUT2D eigenvalue weighted by Crippen LogP contribution is -2.18. The summed E-state index contributed by atoms with van der Waals surface area (Å²) in [6.45, 7) is 0.924. The lowest BCUT2D eigenvalue weighted by Gasteiger charge is -2.17. The molecule has 0 bridgehead atoms. The van der Waals surface area contributed by atoms with Gasteiger partial charge < -0.3 is 14.8 Å². The number of carbonyl (C=O) groups excluding carboxylic acids is 1. The molecule has 1 aliphatic heterocycles. The monoisotopic (exact) mass is 294 g/mol. The molecule has 3 rings (SSSR count). The molecule has 0 fully saturated rings. The maximum Gasteiger partial charge on any atom is 0.278 e. The molecule has 3 heterocycles. The molecule has 1 aliphatic rings. The fourth-order valence-corrected chi connectivity index (χ4v) is 2.05. The van der Waals surface area contributed by atoms with Crippen molar-refractivity contribution in [3.05, 3.63) is 29.0 Å². The van der Waals surface area contributed by atoms with Crippen molar-refractivity contribution in [1.29, 1.82) is 0 Å². The molecule has 8 heteroatoms. The van der Waals surface area contributed by atoms with Crippen LogP contribution in [0.2, 0.25) is 5.02 Å². The molecule has 0 spiro atoms. The molecule has 0 aromatic carbocycles. The second-order valence-corrected chi connectivity index (χ2v) is 4.56. The predicted molar refractivity (Wildman–Crippen MR) is 71.4 cm³/mol. The molecule has 0 unspecified atom stereocenters. The molecule has 20 heavy (non-hydrogen) atoms. The van der Waals surface area contributed by atoms with Crippen LogP contribution in [0, 0.1) is 0 Å². The molecule has 1 amide bonds. The van der Waals surface area contributed by atoms with Gasteiger partial charge in [0, 0.05) is 13.2 Å². The Kier molecular flexibility index (Phi) is 3.19. The molecule has 0 atom stereocenters. The van der Waals surface area contributed by atoms with Crippen molar-refractivity contribution in [3.8, 4) is 11.6 Å². The summed E-state index contributed by atoms with van der Waals surface area (Å²) < 4.78 is 12.2. The SMILES string of the molecule is Cn1cc(Cl)c(C(=O)Nc2ccc3c(n2)OCCO3)n1. The fourth-order valence-electron chi connectivity index (χ4n) is 1.79. The van der Waals surface area contributed by atoms with Crippen LogP contribution in [-0.4, -0.2) is 33.9 Å². The van der Waals surface area contributed by atoms with Crippen molar-refractivity contribution >= 4 is 23.3 Å². The van der Waals surface area contributed by atoms with Gasteiger partial charge in [0.25, 0.3) is 11.8 Å². The maximum absolute atomic E-state index is 12.0. The number of rotatable bonds is 2. The number of aromatic nitrogens is 3. The van der Waals surface area contributed by atoms with E-state index >= 15 is 0 Å². The smallest absolute Gasteiger partial charge is 0.278 e. The standard InChI is InChI=1S/C12H11ClN4O3/c1-17-6-7(13)10(16-17)11(18)14-9-3-2-8-12(15-9)20-5-4-19-8/h2-3,6H,4-5H2,1H3,(H,14,15,18). The molecule has 0 aliphatic carbocycles. The van der Waals surface area contributed by atoms with Gasteiger partial charge in [-0.2, -0.15) is 10.1 Å². The number of hydrogen-bond donors (Lipinski definition) is 1. The Balaban J connectivity index is 1.81. The van der Waals surface area contributed by atoms with E-state index in [-0.39, 0.29) is 10.7 Å². The van der Waals surface area contributed by atoms with Crippen LogP contribution in [0.25, 0.3) is 0 Å². The zero-order valence-corrected chi connectivity index (χ0v) is 11.3. The third-order valence-electron chi connectivity index (χ3n) is 2.65. The second-order valence-electron chi connectivity index (χ2n) is 4.15. The fraction of sp³-hybridized carbons (Fsp3) is 0.250. The minimum absolute atomic E-state index is 0.144. The first kappa shape index (κ1) is 12.7. The van der Waals surface area contributed by atoms with Gasteiger partial charge in [-0.15, -0.1) is 0 Å². The Morgan fingerprint density at radius 1 is 1.40 bits per heavy atom. The molecule has 0 saturated carbocycles. The largest absolute Gasteiger partial charge is 0.484 e. The van der Waals surface area contributed by atoms with Gasteiger partial charge in [0.15, 0.2) is 11.4 Å². The van der Waals surface area contributed by atoms with Crippen LogP contribution in [-0.2, 0) is 7.05 Å². The van der Waals surface area contributed by atoms with Gasteiger partial charge in [0.1, 0.15) is 19.0 Å². The van der Waals surface area contributed by atoms with Crippen molar-refractivity contribution < 1.29 is 14.3 Å². The van der Waals surface area contributed by atoms with Crippen LogP contribution < -0.4 is 14.8 Å². The van der Waals surface area contributed by atoms with E-state index in [9.17, 15) is 4.79 Å². The van der Waals surface area contributed by atoms with E-state index in [1.165, 1.54) is 4.68 Å². The number of nitrogens with one attached hydrogen (secondary N) is 1. The van der Waals surface area contributed by atoms with E-state index in [0.717, 1.165) is 0 Å². The quantitative estimate of drug-likeness (QED) is 0.908. The highest BCUT2D eigenvalue weighted by Gasteiger charge is 2.18. The molecule has 104 valence electrons. The highest BCUT2D eigenvalue weighted by molar-refractivity contribution is 6.34. The number of anilines is 1. The first-order chi connectivity index (χ1) is 9.63. The summed E-state index contributed by atoms with van der Waals surface area (Å²) in [4.78, 5) is 16.2. The zero-order valence-electron chi connectivity index (χ0n) is 10.6. The van der Waals surface area contributed by atoms with Crippen LogP contribution in [0.4, 0.5) is 5.82 Å². The number of aryl methyl sites for hydroxylation is 1. The Hall–Kier alpha value is -2.28. The molecule has 1 N–H and O–H groups in total. The van der Waals surface area contributed by atoms with Crippen LogP contribution in [0.3, 0.4) is 0 Å². The van der Waals surface area contributed by atoms with Crippen molar-refractivity contribution in [1.82, 2.24) is 14.8 Å². The first-order valence-electron chi connectivity index (χ1n) is 5.90. The summed E-state index contributed by atoms with van der Waals surface area (Å²) in [6.07, 6.45) is 1.55. The molecule has 2 aromatic heterocycles. The Bertz CT molecular complexity index is 671. The van der Waals surface area contributed by atoms with Gasteiger partial charge in [-0.05, 0) is 12.1 Å². The normalized spacial score (nSPS) is 13.1. The molecule has 2 aromatic rings. The van der Waals surface area contributed by atoms with Gasteiger partial charge >= 0.3 is 0 Å². The molecular weight excluding hydrogens is 284 g/mol. The van der Waals surface area contributed by atoms with E-state index in [1.54, 1.807) is 25.4 Å². The van der Waals surface area contributed by atoms with E-state index in [1.807, 2.05) is 0 Å². The topological polar surface area (TPSA) is 78.3 Å².